The van der Waals surface area contributed by atoms with E-state index in [9.17, 15) is 27.5 Å². The number of aliphatic hydroxyl groups excluding tert-OH is 1. The van der Waals surface area contributed by atoms with E-state index in [0.29, 0.717) is 5.56 Å². The fourth-order valence-corrected chi connectivity index (χ4v) is 7.49. The molecule has 0 aromatic heterocycles. The Kier molecular flexibility index (Phi) is 4.88. The highest BCUT2D eigenvalue weighted by molar-refractivity contribution is 7.96. The van der Waals surface area contributed by atoms with Gasteiger partial charge in [0.2, 0.25) is 9.84 Å². The zero-order valence-corrected chi connectivity index (χ0v) is 19.6. The molecule has 2 aliphatic heterocycles. The average Bonchev–Trinajstić information content (AvgIpc) is 3.45. The van der Waals surface area contributed by atoms with Gasteiger partial charge in [-0.05, 0) is 54.2 Å². The normalized spacial score (nSPS) is 27.7. The fraction of sp³-hybridized carbons (Fsp3) is 0.231. The van der Waals surface area contributed by atoms with Gasteiger partial charge in [-0.3, -0.25) is 9.59 Å². The molecule has 2 bridgehead atoms. The number of sulfone groups is 1. The first-order chi connectivity index (χ1) is 17.2. The molecule has 36 heavy (non-hydrogen) atoms. The molecule has 2 heterocycles. The molecule has 2 aromatic carbocycles. The van der Waals surface area contributed by atoms with Crippen LogP contribution < -0.4 is 11.1 Å². The van der Waals surface area contributed by atoms with E-state index in [1.54, 1.807) is 17.0 Å². The maximum Gasteiger partial charge on any atom is 0.262 e. The monoisotopic (exact) mass is 506 g/mol. The maximum atomic E-state index is 14.0. The Hall–Kier alpha value is -3.92. The van der Waals surface area contributed by atoms with Gasteiger partial charge in [-0.25, -0.2) is 12.8 Å². The van der Waals surface area contributed by atoms with Crippen LogP contribution in [0.5, 0.6) is 0 Å². The van der Waals surface area contributed by atoms with Crippen molar-refractivity contribution in [2.45, 2.75) is 23.9 Å². The predicted molar refractivity (Wildman–Crippen MR) is 127 cm³/mol. The van der Waals surface area contributed by atoms with E-state index in [-0.39, 0.29) is 52.0 Å². The quantitative estimate of drug-likeness (QED) is 0.547. The summed E-state index contributed by atoms with van der Waals surface area (Å²) in [5.74, 6) is -3.09. The molecular weight excluding hydrogens is 485 g/mol. The molecule has 4 unspecified atom stereocenters. The first-order valence-electron chi connectivity index (χ1n) is 11.4. The van der Waals surface area contributed by atoms with Crippen LogP contribution in [0.1, 0.15) is 12.0 Å². The number of fused-ring (bicyclic) bond motifs is 6. The number of amides is 2. The summed E-state index contributed by atoms with van der Waals surface area (Å²) in [4.78, 5) is 27.1. The number of rotatable bonds is 4. The first-order valence-corrected chi connectivity index (χ1v) is 12.9. The van der Waals surface area contributed by atoms with E-state index in [0.717, 1.165) is 6.42 Å². The smallest absolute Gasteiger partial charge is 0.262 e. The second-order valence-corrected chi connectivity index (χ2v) is 11.3. The molecule has 1 radical (unpaired) electrons. The summed E-state index contributed by atoms with van der Waals surface area (Å²) < 4.78 is 40.3. The van der Waals surface area contributed by atoms with E-state index >= 15 is 0 Å². The molecule has 1 saturated carbocycles. The van der Waals surface area contributed by atoms with Crippen LogP contribution in [0.4, 0.5) is 10.1 Å². The van der Waals surface area contributed by atoms with Crippen molar-refractivity contribution in [1.29, 1.82) is 0 Å². The summed E-state index contributed by atoms with van der Waals surface area (Å²) in [6.07, 6.45) is 4.75. The number of aliphatic hydroxyl groups is 1. The van der Waals surface area contributed by atoms with Gasteiger partial charge in [0.05, 0.1) is 16.3 Å². The molecule has 1 fully saturated rings. The Morgan fingerprint density at radius 2 is 1.92 bits per heavy atom. The Labute approximate surface area is 206 Å². The second-order valence-electron chi connectivity index (χ2n) is 9.40. The van der Waals surface area contributed by atoms with E-state index in [1.165, 1.54) is 30.3 Å². The summed E-state index contributed by atoms with van der Waals surface area (Å²) in [5.41, 5.74) is 5.71. The third-order valence-corrected chi connectivity index (χ3v) is 9.29. The van der Waals surface area contributed by atoms with Gasteiger partial charge >= 0.3 is 0 Å². The van der Waals surface area contributed by atoms with Crippen molar-refractivity contribution in [2.24, 2.45) is 23.5 Å². The van der Waals surface area contributed by atoms with Gasteiger partial charge < -0.3 is 21.1 Å². The Balaban J connectivity index is 1.54. The average molecular weight is 507 g/mol. The zero-order chi connectivity index (χ0) is 25.4. The minimum absolute atomic E-state index is 0.0111. The fourth-order valence-electron chi connectivity index (χ4n) is 5.95. The van der Waals surface area contributed by atoms with Crippen LogP contribution in [0.25, 0.3) is 0 Å². The highest BCUT2D eigenvalue weighted by Crippen LogP contribution is 2.53. The lowest BCUT2D eigenvalue weighted by molar-refractivity contribution is -0.133. The highest BCUT2D eigenvalue weighted by Gasteiger charge is 2.55. The second kappa shape index (κ2) is 7.79. The lowest BCUT2D eigenvalue weighted by Crippen LogP contribution is -2.52. The molecular formula is C26H21FN3O5S. The molecule has 2 aliphatic carbocycles. The standard InChI is InChI=1S/C26H21FN3O5S/c27-16-9-5-13(6-10-16)12-30-22-15-8-7-14(11-15)19(22)23(31)20(26(30)33)21-24(25(28)32)36(34,35)18-4-2-1-3-17(18)29-21/h1,3-10,14-15,19,22,29,31H,11-12H2,(H2,28,32). The molecule has 2 aromatic rings. The lowest BCUT2D eigenvalue weighted by atomic mass is 9.80. The molecule has 183 valence electrons. The SMILES string of the molecule is NC(=O)C1=C(C2=C(O)C3C4C=CC(C4)C3N(Cc3ccc(F)cc3)C2=O)Nc2cc[c]cc2S1(=O)=O. The Bertz CT molecular complexity index is 1530. The van der Waals surface area contributed by atoms with Crippen molar-refractivity contribution >= 4 is 27.3 Å². The minimum atomic E-state index is -4.40. The molecule has 10 heteroatoms. The van der Waals surface area contributed by atoms with Crippen LogP contribution in [-0.4, -0.2) is 36.3 Å². The number of carbonyl (C=O) groups excluding carboxylic acids is 2. The molecule has 6 rings (SSSR count). The summed E-state index contributed by atoms with van der Waals surface area (Å²) in [7, 11) is -4.40. The number of primary amides is 1. The van der Waals surface area contributed by atoms with Gasteiger partial charge in [0, 0.05) is 18.5 Å². The molecule has 4 aliphatic rings. The molecule has 0 spiro atoms. The third kappa shape index (κ3) is 3.13. The third-order valence-electron chi connectivity index (χ3n) is 7.44. The van der Waals surface area contributed by atoms with Crippen LogP contribution >= 0.6 is 0 Å². The molecule has 2 amide bonds. The summed E-state index contributed by atoms with van der Waals surface area (Å²) in [6, 6.07) is 12.2. The van der Waals surface area contributed by atoms with Gasteiger partial charge in [0.25, 0.3) is 11.8 Å². The zero-order valence-electron chi connectivity index (χ0n) is 18.8. The lowest BCUT2D eigenvalue weighted by Gasteiger charge is -2.43. The number of anilines is 1. The van der Waals surface area contributed by atoms with E-state index < -0.39 is 38.3 Å². The number of nitrogens with two attached hydrogens (primary N) is 1. The minimum Gasteiger partial charge on any atom is -0.511 e. The van der Waals surface area contributed by atoms with Gasteiger partial charge in [0.1, 0.15) is 17.1 Å². The van der Waals surface area contributed by atoms with Gasteiger partial charge in [-0.1, -0.05) is 30.4 Å². The number of nitrogens with zero attached hydrogens (tertiary/aromatic N) is 1. The van der Waals surface area contributed by atoms with Crippen LogP contribution in [0.2, 0.25) is 0 Å². The van der Waals surface area contributed by atoms with Crippen molar-refractivity contribution in [3.8, 4) is 0 Å². The largest absolute Gasteiger partial charge is 0.511 e. The molecule has 0 saturated heterocycles. The van der Waals surface area contributed by atoms with Crippen LogP contribution in [0, 0.1) is 29.6 Å². The van der Waals surface area contributed by atoms with E-state index in [2.05, 4.69) is 11.4 Å². The summed E-state index contributed by atoms with van der Waals surface area (Å²) in [6.45, 7) is 0.117. The van der Waals surface area contributed by atoms with Crippen molar-refractivity contribution in [2.75, 3.05) is 5.32 Å². The number of allylic oxidation sites excluding steroid dienone is 1. The van der Waals surface area contributed by atoms with Crippen molar-refractivity contribution < 1.29 is 27.5 Å². The topological polar surface area (TPSA) is 130 Å². The van der Waals surface area contributed by atoms with Crippen LogP contribution in [0.3, 0.4) is 0 Å². The van der Waals surface area contributed by atoms with Gasteiger partial charge in [-0.2, -0.15) is 0 Å². The first kappa shape index (κ1) is 22.5. The van der Waals surface area contributed by atoms with E-state index in [1.807, 2.05) is 12.2 Å². The molecule has 4 atom stereocenters. The molecule has 4 N–H and O–H groups in total. The Morgan fingerprint density at radius 1 is 1.19 bits per heavy atom. The number of halogens is 1. The van der Waals surface area contributed by atoms with Crippen LogP contribution in [-0.2, 0) is 26.0 Å². The maximum absolute atomic E-state index is 14.0. The number of hydrogen-bond acceptors (Lipinski definition) is 6. The number of benzene rings is 2. The number of nitrogens with one attached hydrogen (secondary N) is 1. The van der Waals surface area contributed by atoms with Crippen LogP contribution in [0.15, 0.2) is 81.4 Å². The van der Waals surface area contributed by atoms with Gasteiger partial charge in [0.15, 0.2) is 4.91 Å². The van der Waals surface area contributed by atoms with Crippen molar-refractivity contribution in [3.63, 3.8) is 0 Å². The molecule has 8 nitrogen and oxygen atoms in total. The van der Waals surface area contributed by atoms with Crippen molar-refractivity contribution in [1.82, 2.24) is 4.90 Å². The van der Waals surface area contributed by atoms with Gasteiger partial charge in [-0.15, -0.1) is 0 Å². The van der Waals surface area contributed by atoms with Crippen molar-refractivity contribution in [3.05, 3.63) is 94.0 Å². The van der Waals surface area contributed by atoms with E-state index in [4.69, 9.17) is 5.73 Å². The summed E-state index contributed by atoms with van der Waals surface area (Å²) >= 11 is 0. The summed E-state index contributed by atoms with van der Waals surface area (Å²) in [5, 5.41) is 14.3. The Morgan fingerprint density at radius 3 is 2.64 bits per heavy atom. The highest BCUT2D eigenvalue weighted by atomic mass is 32.2. The predicted octanol–water partition coefficient (Wildman–Crippen LogP) is 2.57. The number of carbonyl (C=O) groups is 2. The number of hydrogen-bond donors (Lipinski definition) is 3.